The molecule has 0 saturated heterocycles. The lowest BCUT2D eigenvalue weighted by molar-refractivity contribution is -0.149. The Kier molecular flexibility index (Phi) is 15.8. The third-order valence-corrected chi connectivity index (χ3v) is 4.17. The predicted octanol–water partition coefficient (Wildman–Crippen LogP) is 5.97. The highest BCUT2D eigenvalue weighted by Crippen LogP contribution is 2.20. The molecule has 7 heteroatoms. The van der Waals surface area contributed by atoms with Crippen LogP contribution < -0.4 is 16.8 Å². The standard InChI is InChI=1S/C13H18IN3O2S.C5H12.C2H6/c1-8(2)19-13(18)12(16)9-3-5-10(6-4-9)17-7-11(15)20-14;1-5(2,3)4;1-2/h3-8,12,17H,15-16H2,1-2H3;1-4H3;1-2H3/b11-7+;;. The van der Waals surface area contributed by atoms with Crippen molar-refractivity contribution in [2.75, 3.05) is 5.32 Å². The minimum atomic E-state index is -0.767. The molecule has 0 aliphatic rings. The van der Waals surface area contributed by atoms with Crippen molar-refractivity contribution in [3.8, 4) is 0 Å². The lowest BCUT2D eigenvalue weighted by Crippen LogP contribution is -2.26. The van der Waals surface area contributed by atoms with Gasteiger partial charge in [-0.15, -0.1) is 0 Å². The van der Waals surface area contributed by atoms with Crippen LogP contribution in [0.3, 0.4) is 0 Å². The van der Waals surface area contributed by atoms with Crippen molar-refractivity contribution in [1.29, 1.82) is 0 Å². The molecule has 5 N–H and O–H groups in total. The second-order valence-electron chi connectivity index (χ2n) is 7.35. The van der Waals surface area contributed by atoms with Gasteiger partial charge < -0.3 is 21.5 Å². The van der Waals surface area contributed by atoms with E-state index in [1.807, 2.05) is 26.0 Å². The molecule has 0 aliphatic carbocycles. The first-order valence-corrected chi connectivity index (χ1v) is 12.4. The van der Waals surface area contributed by atoms with Gasteiger partial charge in [-0.25, -0.2) is 4.79 Å². The highest BCUT2D eigenvalue weighted by atomic mass is 127. The van der Waals surface area contributed by atoms with Crippen molar-refractivity contribution < 1.29 is 9.53 Å². The van der Waals surface area contributed by atoms with Crippen LogP contribution in [0.1, 0.15) is 67.0 Å². The summed E-state index contributed by atoms with van der Waals surface area (Å²) < 4.78 is 5.08. The van der Waals surface area contributed by atoms with Crippen molar-refractivity contribution in [1.82, 2.24) is 0 Å². The van der Waals surface area contributed by atoms with Gasteiger partial charge in [-0.3, -0.25) is 0 Å². The van der Waals surface area contributed by atoms with Crippen molar-refractivity contribution in [2.24, 2.45) is 16.9 Å². The first-order valence-electron chi connectivity index (χ1n) is 9.01. The average molecular weight is 509 g/mol. The molecule has 156 valence electrons. The summed E-state index contributed by atoms with van der Waals surface area (Å²) in [5.74, 6) is -0.425. The van der Waals surface area contributed by atoms with E-state index in [9.17, 15) is 4.79 Å². The van der Waals surface area contributed by atoms with Crippen molar-refractivity contribution in [3.63, 3.8) is 0 Å². The number of rotatable bonds is 6. The van der Waals surface area contributed by atoms with Gasteiger partial charge in [0.25, 0.3) is 0 Å². The first-order chi connectivity index (χ1) is 12.4. The molecule has 0 fully saturated rings. The minimum Gasteiger partial charge on any atom is -0.462 e. The van der Waals surface area contributed by atoms with Gasteiger partial charge >= 0.3 is 5.97 Å². The van der Waals surface area contributed by atoms with Gasteiger partial charge in [-0.1, -0.05) is 53.7 Å². The van der Waals surface area contributed by atoms with E-state index in [1.165, 1.54) is 8.93 Å². The van der Waals surface area contributed by atoms with Crippen molar-refractivity contribution in [2.45, 2.75) is 67.5 Å². The van der Waals surface area contributed by atoms with E-state index in [0.29, 0.717) is 16.0 Å². The first kappa shape index (κ1) is 28.3. The fraction of sp³-hybridized carbons (Fsp3) is 0.550. The maximum atomic E-state index is 11.7. The number of carbonyl (C=O) groups is 1. The largest absolute Gasteiger partial charge is 0.462 e. The van der Waals surface area contributed by atoms with E-state index in [2.05, 4.69) is 54.2 Å². The molecule has 1 aromatic rings. The number of ether oxygens (including phenoxy) is 1. The Morgan fingerprint density at radius 1 is 1.19 bits per heavy atom. The molecule has 1 unspecified atom stereocenters. The molecule has 5 nitrogen and oxygen atoms in total. The van der Waals surface area contributed by atoms with Gasteiger partial charge in [-0.2, -0.15) is 0 Å². The molecular formula is C20H36IN3O2S. The number of hydrogen-bond acceptors (Lipinski definition) is 6. The number of nitrogens with one attached hydrogen (secondary N) is 1. The molecule has 0 saturated carbocycles. The summed E-state index contributed by atoms with van der Waals surface area (Å²) in [5, 5.41) is 3.73. The summed E-state index contributed by atoms with van der Waals surface area (Å²) >= 11 is 2.10. The van der Waals surface area contributed by atoms with Gasteiger partial charge in [0.1, 0.15) is 6.04 Å². The third kappa shape index (κ3) is 16.9. The fourth-order valence-corrected chi connectivity index (χ4v) is 1.89. The van der Waals surface area contributed by atoms with E-state index >= 15 is 0 Å². The lowest BCUT2D eigenvalue weighted by Gasteiger charge is -2.14. The Morgan fingerprint density at radius 3 is 2.00 bits per heavy atom. The molecule has 1 atom stereocenters. The number of benzene rings is 1. The van der Waals surface area contributed by atoms with Crippen LogP contribution in [0.5, 0.6) is 0 Å². The van der Waals surface area contributed by atoms with Crippen LogP contribution in [0.2, 0.25) is 0 Å². The van der Waals surface area contributed by atoms with Crippen LogP contribution >= 0.6 is 30.1 Å². The van der Waals surface area contributed by atoms with Gasteiger partial charge in [0.2, 0.25) is 0 Å². The van der Waals surface area contributed by atoms with Crippen LogP contribution in [-0.4, -0.2) is 12.1 Å². The number of nitrogens with two attached hydrogens (primary N) is 2. The second kappa shape index (κ2) is 15.0. The van der Waals surface area contributed by atoms with Crippen molar-refractivity contribution in [3.05, 3.63) is 41.1 Å². The summed E-state index contributed by atoms with van der Waals surface area (Å²) in [5.41, 5.74) is 13.6. The zero-order chi connectivity index (χ0) is 21.6. The minimum absolute atomic E-state index is 0.173. The summed E-state index contributed by atoms with van der Waals surface area (Å²) in [6, 6.07) is 6.47. The average Bonchev–Trinajstić information content (AvgIpc) is 2.59. The Labute approximate surface area is 181 Å². The number of anilines is 1. The SMILES string of the molecule is CC.CC(C)(C)C.CC(C)OC(=O)C(N)c1ccc(N/C=C(\N)SI)cc1. The van der Waals surface area contributed by atoms with Gasteiger partial charge in [0.15, 0.2) is 0 Å². The summed E-state index contributed by atoms with van der Waals surface area (Å²) in [6.45, 7) is 16.3. The van der Waals surface area contributed by atoms with E-state index in [0.717, 1.165) is 5.69 Å². The Bertz CT molecular complexity index is 549. The number of hydrogen-bond donors (Lipinski definition) is 3. The van der Waals surface area contributed by atoms with Crippen molar-refractivity contribution >= 4 is 41.8 Å². The highest BCUT2D eigenvalue weighted by Gasteiger charge is 2.18. The molecule has 1 rings (SSSR count). The fourth-order valence-electron chi connectivity index (χ4n) is 1.41. The number of esters is 1. The normalized spacial score (nSPS) is 12.2. The monoisotopic (exact) mass is 509 g/mol. The van der Waals surface area contributed by atoms with E-state index in [1.54, 1.807) is 32.2 Å². The summed E-state index contributed by atoms with van der Waals surface area (Å²) in [4.78, 5) is 11.7. The summed E-state index contributed by atoms with van der Waals surface area (Å²) in [6.07, 6.45) is 1.53. The molecule has 0 radical (unpaired) electrons. The van der Waals surface area contributed by atoms with Crippen LogP contribution in [0.4, 0.5) is 5.69 Å². The Morgan fingerprint density at radius 2 is 1.63 bits per heavy atom. The van der Waals surface area contributed by atoms with Gasteiger partial charge in [-0.05, 0) is 45.9 Å². The zero-order valence-electron chi connectivity index (χ0n) is 17.8. The van der Waals surface area contributed by atoms with E-state index in [4.69, 9.17) is 16.2 Å². The van der Waals surface area contributed by atoms with Crippen LogP contribution in [0, 0.1) is 5.41 Å². The molecule has 1 aromatic carbocycles. The number of carbonyl (C=O) groups excluding carboxylic acids is 1. The molecule has 27 heavy (non-hydrogen) atoms. The second-order valence-corrected chi connectivity index (χ2v) is 9.30. The smallest absolute Gasteiger partial charge is 0.327 e. The maximum Gasteiger partial charge on any atom is 0.327 e. The molecule has 0 aliphatic heterocycles. The Hall–Kier alpha value is -0.930. The van der Waals surface area contributed by atoms with E-state index in [-0.39, 0.29) is 6.10 Å². The van der Waals surface area contributed by atoms with Gasteiger partial charge in [0.05, 0.1) is 11.1 Å². The topological polar surface area (TPSA) is 90.4 Å². The molecule has 0 spiro atoms. The Balaban J connectivity index is 0. The maximum absolute atomic E-state index is 11.7. The molecule has 0 amide bonds. The predicted molar refractivity (Wildman–Crippen MR) is 129 cm³/mol. The van der Waals surface area contributed by atoms with E-state index < -0.39 is 12.0 Å². The number of halogens is 1. The molecule has 0 bridgehead atoms. The third-order valence-electron chi connectivity index (χ3n) is 2.35. The van der Waals surface area contributed by atoms with Crippen LogP contribution in [0.25, 0.3) is 0 Å². The van der Waals surface area contributed by atoms with Gasteiger partial charge in [0, 0.05) is 33.1 Å². The molecular weight excluding hydrogens is 473 g/mol. The highest BCUT2D eigenvalue weighted by molar-refractivity contribution is 14.2. The van der Waals surface area contributed by atoms with Crippen LogP contribution in [0.15, 0.2) is 35.5 Å². The lowest BCUT2D eigenvalue weighted by atomic mass is 10.0. The van der Waals surface area contributed by atoms with Crippen LogP contribution in [-0.2, 0) is 9.53 Å². The molecule has 0 heterocycles. The summed E-state index contributed by atoms with van der Waals surface area (Å²) in [7, 11) is 1.43. The molecule has 0 aromatic heterocycles. The quantitative estimate of drug-likeness (QED) is 0.323. The zero-order valence-corrected chi connectivity index (χ0v) is 20.8.